The van der Waals surface area contributed by atoms with E-state index >= 15 is 0 Å². The molecule has 3 heteroatoms. The van der Waals surface area contributed by atoms with Gasteiger partial charge in [-0.3, -0.25) is 4.79 Å². The molecular weight excluding hydrogens is 260 g/mol. The molecule has 1 aromatic rings. The third-order valence-electron chi connectivity index (χ3n) is 5.12. The Morgan fingerprint density at radius 2 is 1.62 bits per heavy atom. The molecule has 3 unspecified atom stereocenters. The SMILES string of the molecule is CC(=O)Nc1ccc(NC2CCC3CCCCC3C2)cc1. The Morgan fingerprint density at radius 1 is 0.952 bits per heavy atom. The van der Waals surface area contributed by atoms with E-state index in [0.29, 0.717) is 6.04 Å². The molecule has 2 saturated carbocycles. The average molecular weight is 286 g/mol. The van der Waals surface area contributed by atoms with E-state index in [9.17, 15) is 4.79 Å². The summed E-state index contributed by atoms with van der Waals surface area (Å²) in [5.41, 5.74) is 2.03. The summed E-state index contributed by atoms with van der Waals surface area (Å²) in [5.74, 6) is 1.92. The molecule has 2 N–H and O–H groups in total. The lowest BCUT2D eigenvalue weighted by atomic mass is 9.69. The largest absolute Gasteiger partial charge is 0.382 e. The molecule has 2 fully saturated rings. The molecule has 1 amide bonds. The molecule has 1 aromatic carbocycles. The quantitative estimate of drug-likeness (QED) is 0.863. The third-order valence-corrected chi connectivity index (χ3v) is 5.12. The van der Waals surface area contributed by atoms with Crippen molar-refractivity contribution >= 4 is 17.3 Å². The molecule has 0 aromatic heterocycles. The van der Waals surface area contributed by atoms with E-state index in [2.05, 4.69) is 22.8 Å². The zero-order valence-corrected chi connectivity index (χ0v) is 12.9. The fourth-order valence-electron chi connectivity index (χ4n) is 4.09. The average Bonchev–Trinajstić information content (AvgIpc) is 2.49. The normalized spacial score (nSPS) is 28.5. The maximum Gasteiger partial charge on any atom is 0.221 e. The van der Waals surface area contributed by atoms with Gasteiger partial charge in [0.2, 0.25) is 5.91 Å². The van der Waals surface area contributed by atoms with Gasteiger partial charge >= 0.3 is 0 Å². The predicted molar refractivity (Wildman–Crippen MR) is 87.5 cm³/mol. The van der Waals surface area contributed by atoms with Crippen molar-refractivity contribution in [3.05, 3.63) is 24.3 Å². The van der Waals surface area contributed by atoms with Crippen LogP contribution in [0.15, 0.2) is 24.3 Å². The fourth-order valence-corrected chi connectivity index (χ4v) is 4.09. The molecule has 0 aliphatic heterocycles. The minimum atomic E-state index is -0.0219. The van der Waals surface area contributed by atoms with Crippen molar-refractivity contribution in [3.8, 4) is 0 Å². The Labute approximate surface area is 127 Å². The smallest absolute Gasteiger partial charge is 0.221 e. The van der Waals surface area contributed by atoms with E-state index < -0.39 is 0 Å². The number of carbonyl (C=O) groups excluding carboxylic acids is 1. The number of amides is 1. The van der Waals surface area contributed by atoms with Crippen molar-refractivity contribution in [1.82, 2.24) is 0 Å². The number of benzene rings is 1. The summed E-state index contributed by atoms with van der Waals surface area (Å²) >= 11 is 0. The minimum absolute atomic E-state index is 0.0219. The number of rotatable bonds is 3. The summed E-state index contributed by atoms with van der Waals surface area (Å²) in [6.07, 6.45) is 9.80. The van der Waals surface area contributed by atoms with Crippen molar-refractivity contribution in [2.45, 2.75) is 57.9 Å². The lowest BCUT2D eigenvalue weighted by molar-refractivity contribution is -0.114. The van der Waals surface area contributed by atoms with Crippen LogP contribution >= 0.6 is 0 Å². The van der Waals surface area contributed by atoms with Crippen molar-refractivity contribution in [3.63, 3.8) is 0 Å². The van der Waals surface area contributed by atoms with Crippen molar-refractivity contribution in [1.29, 1.82) is 0 Å². The van der Waals surface area contributed by atoms with Gasteiger partial charge in [-0.2, -0.15) is 0 Å². The number of hydrogen-bond acceptors (Lipinski definition) is 2. The first-order valence-electron chi connectivity index (χ1n) is 8.35. The zero-order valence-electron chi connectivity index (χ0n) is 12.9. The molecule has 0 radical (unpaired) electrons. The van der Waals surface area contributed by atoms with Crippen LogP contribution in [0.1, 0.15) is 51.9 Å². The van der Waals surface area contributed by atoms with E-state index in [1.165, 1.54) is 57.6 Å². The first-order chi connectivity index (χ1) is 10.2. The molecule has 3 rings (SSSR count). The van der Waals surface area contributed by atoms with Crippen LogP contribution in [-0.2, 0) is 4.79 Å². The van der Waals surface area contributed by atoms with Gasteiger partial charge < -0.3 is 10.6 Å². The molecule has 0 spiro atoms. The van der Waals surface area contributed by atoms with Crippen LogP contribution in [0.25, 0.3) is 0 Å². The van der Waals surface area contributed by atoms with Gasteiger partial charge in [-0.15, -0.1) is 0 Å². The molecule has 0 bridgehead atoms. The van der Waals surface area contributed by atoms with Gasteiger partial charge in [-0.1, -0.05) is 25.7 Å². The molecule has 21 heavy (non-hydrogen) atoms. The Morgan fingerprint density at radius 3 is 2.33 bits per heavy atom. The summed E-state index contributed by atoms with van der Waals surface area (Å²) in [5, 5.41) is 6.49. The summed E-state index contributed by atoms with van der Waals surface area (Å²) in [4.78, 5) is 11.0. The Bertz CT molecular complexity index is 482. The van der Waals surface area contributed by atoms with Gasteiger partial charge in [-0.25, -0.2) is 0 Å². The second kappa shape index (κ2) is 6.50. The van der Waals surface area contributed by atoms with Crippen LogP contribution < -0.4 is 10.6 Å². The Hall–Kier alpha value is -1.51. The van der Waals surface area contributed by atoms with E-state index in [-0.39, 0.29) is 5.91 Å². The monoisotopic (exact) mass is 286 g/mol. The first kappa shape index (κ1) is 14.4. The molecule has 114 valence electrons. The van der Waals surface area contributed by atoms with Crippen LogP contribution in [0.5, 0.6) is 0 Å². The topological polar surface area (TPSA) is 41.1 Å². The predicted octanol–water partition coefficient (Wildman–Crippen LogP) is 4.42. The number of carbonyl (C=O) groups is 1. The highest BCUT2D eigenvalue weighted by Crippen LogP contribution is 2.41. The summed E-state index contributed by atoms with van der Waals surface area (Å²) in [6, 6.07) is 8.69. The van der Waals surface area contributed by atoms with E-state index in [0.717, 1.165) is 17.5 Å². The van der Waals surface area contributed by atoms with E-state index in [1.54, 1.807) is 0 Å². The van der Waals surface area contributed by atoms with Gasteiger partial charge in [0.15, 0.2) is 0 Å². The molecule has 2 aliphatic carbocycles. The number of anilines is 2. The van der Waals surface area contributed by atoms with Gasteiger partial charge in [0.05, 0.1) is 0 Å². The molecule has 2 aliphatic rings. The fraction of sp³-hybridized carbons (Fsp3) is 0.611. The maximum atomic E-state index is 11.0. The lowest BCUT2D eigenvalue weighted by Gasteiger charge is -2.39. The van der Waals surface area contributed by atoms with Crippen LogP contribution in [0.2, 0.25) is 0 Å². The lowest BCUT2D eigenvalue weighted by Crippen LogP contribution is -2.34. The molecule has 0 saturated heterocycles. The van der Waals surface area contributed by atoms with E-state index in [1.807, 2.05) is 12.1 Å². The van der Waals surface area contributed by atoms with Gasteiger partial charge in [0.25, 0.3) is 0 Å². The Kier molecular flexibility index (Phi) is 4.47. The highest BCUT2D eigenvalue weighted by molar-refractivity contribution is 5.88. The highest BCUT2D eigenvalue weighted by atomic mass is 16.1. The van der Waals surface area contributed by atoms with Crippen LogP contribution in [0.3, 0.4) is 0 Å². The van der Waals surface area contributed by atoms with Crippen LogP contribution in [0, 0.1) is 11.8 Å². The third kappa shape index (κ3) is 3.78. The zero-order chi connectivity index (χ0) is 14.7. The summed E-state index contributed by atoms with van der Waals surface area (Å²) in [6.45, 7) is 1.54. The van der Waals surface area contributed by atoms with Crippen molar-refractivity contribution in [2.24, 2.45) is 11.8 Å². The molecule has 3 atom stereocenters. The molecular formula is C18H26N2O. The van der Waals surface area contributed by atoms with Gasteiger partial charge in [-0.05, 0) is 55.4 Å². The number of hydrogen-bond donors (Lipinski definition) is 2. The van der Waals surface area contributed by atoms with E-state index in [4.69, 9.17) is 0 Å². The molecule has 0 heterocycles. The van der Waals surface area contributed by atoms with Crippen LogP contribution in [-0.4, -0.2) is 11.9 Å². The number of fused-ring (bicyclic) bond motifs is 1. The highest BCUT2D eigenvalue weighted by Gasteiger charge is 2.31. The summed E-state index contributed by atoms with van der Waals surface area (Å²) in [7, 11) is 0. The van der Waals surface area contributed by atoms with Gasteiger partial charge in [0.1, 0.15) is 0 Å². The standard InChI is InChI=1S/C18H26N2O/c1-13(21)19-16-8-10-17(11-9-16)20-18-7-6-14-4-2-3-5-15(14)12-18/h8-11,14-15,18,20H,2-7,12H2,1H3,(H,19,21). The minimum Gasteiger partial charge on any atom is -0.382 e. The van der Waals surface area contributed by atoms with Crippen molar-refractivity contribution < 1.29 is 4.79 Å². The van der Waals surface area contributed by atoms with Crippen LogP contribution in [0.4, 0.5) is 11.4 Å². The second-order valence-electron chi connectivity index (χ2n) is 6.72. The molecule has 3 nitrogen and oxygen atoms in total. The maximum absolute atomic E-state index is 11.0. The second-order valence-corrected chi connectivity index (χ2v) is 6.72. The first-order valence-corrected chi connectivity index (χ1v) is 8.35. The van der Waals surface area contributed by atoms with Crippen molar-refractivity contribution in [2.75, 3.05) is 10.6 Å². The van der Waals surface area contributed by atoms with Gasteiger partial charge in [0, 0.05) is 24.3 Å². The summed E-state index contributed by atoms with van der Waals surface area (Å²) < 4.78 is 0. The number of nitrogens with one attached hydrogen (secondary N) is 2. The Balaban J connectivity index is 1.55.